The number of aliphatic carboxylic acids is 1. The third kappa shape index (κ3) is 2.32. The number of rotatable bonds is 3. The summed E-state index contributed by atoms with van der Waals surface area (Å²) >= 11 is 6.56. The van der Waals surface area contributed by atoms with E-state index in [1.165, 1.54) is 0 Å². The van der Waals surface area contributed by atoms with Crippen molar-refractivity contribution in [3.8, 4) is 0 Å². The van der Waals surface area contributed by atoms with E-state index in [1.54, 1.807) is 0 Å². The summed E-state index contributed by atoms with van der Waals surface area (Å²) in [5.74, 6) is -0.378. The monoisotopic (exact) mass is 344 g/mol. The highest BCUT2D eigenvalue weighted by molar-refractivity contribution is 6.32. The van der Waals surface area contributed by atoms with Crippen LogP contribution in [0.4, 0.5) is 0 Å². The third-order valence-corrected chi connectivity index (χ3v) is 6.39. The molecule has 4 nitrogen and oxygen atoms in total. The van der Waals surface area contributed by atoms with E-state index < -0.39 is 11.4 Å². The molecule has 0 bridgehead atoms. The van der Waals surface area contributed by atoms with Crippen molar-refractivity contribution in [2.24, 2.45) is 11.3 Å². The van der Waals surface area contributed by atoms with Crippen molar-refractivity contribution in [3.63, 3.8) is 0 Å². The molecule has 0 radical (unpaired) electrons. The molecule has 4 rings (SSSR count). The second kappa shape index (κ2) is 5.71. The number of carboxylic acids is 1. The van der Waals surface area contributed by atoms with Crippen molar-refractivity contribution < 1.29 is 9.90 Å². The fourth-order valence-electron chi connectivity index (χ4n) is 4.60. The molecule has 0 spiro atoms. The Hall–Kier alpha value is -1.65. The summed E-state index contributed by atoms with van der Waals surface area (Å²) in [6, 6.07) is 8.00. The molecule has 2 aliphatic rings. The number of halogens is 1. The van der Waals surface area contributed by atoms with Crippen LogP contribution in [0.5, 0.6) is 0 Å². The lowest BCUT2D eigenvalue weighted by Crippen LogP contribution is -2.35. The normalized spacial score (nSPS) is 26.8. The summed E-state index contributed by atoms with van der Waals surface area (Å²) < 4.78 is 0. The van der Waals surface area contributed by atoms with Crippen molar-refractivity contribution >= 4 is 28.5 Å². The van der Waals surface area contributed by atoms with Crippen LogP contribution in [0.1, 0.15) is 30.5 Å². The number of fused-ring (bicyclic) bond motifs is 2. The van der Waals surface area contributed by atoms with Gasteiger partial charge >= 0.3 is 5.97 Å². The summed E-state index contributed by atoms with van der Waals surface area (Å²) in [5.41, 5.74) is 2.29. The number of hydrogen-bond donors (Lipinski definition) is 1. The van der Waals surface area contributed by atoms with Crippen LogP contribution in [0.2, 0.25) is 5.02 Å². The summed E-state index contributed by atoms with van der Waals surface area (Å²) in [4.78, 5) is 18.8. The van der Waals surface area contributed by atoms with Gasteiger partial charge in [-0.3, -0.25) is 9.69 Å². The van der Waals surface area contributed by atoms with E-state index in [1.807, 2.05) is 31.2 Å². The van der Waals surface area contributed by atoms with Crippen molar-refractivity contribution in [1.29, 1.82) is 0 Å². The Morgan fingerprint density at radius 3 is 3.00 bits per heavy atom. The maximum absolute atomic E-state index is 11.8. The number of pyridine rings is 1. The minimum absolute atomic E-state index is 0.260. The molecule has 1 aromatic carbocycles. The lowest BCUT2D eigenvalue weighted by Gasteiger charge is -2.23. The average Bonchev–Trinajstić information content (AvgIpc) is 3.10. The second-order valence-corrected chi connectivity index (χ2v) is 7.61. The van der Waals surface area contributed by atoms with Crippen LogP contribution >= 0.6 is 11.6 Å². The van der Waals surface area contributed by atoms with Gasteiger partial charge in [0.15, 0.2) is 0 Å². The Kier molecular flexibility index (Phi) is 3.77. The number of para-hydroxylation sites is 1. The highest BCUT2D eigenvalue weighted by atomic mass is 35.5. The average molecular weight is 345 g/mol. The van der Waals surface area contributed by atoms with Gasteiger partial charge in [-0.25, -0.2) is 4.98 Å². The van der Waals surface area contributed by atoms with Gasteiger partial charge in [0.25, 0.3) is 0 Å². The highest BCUT2D eigenvalue weighted by Gasteiger charge is 2.54. The van der Waals surface area contributed by atoms with Gasteiger partial charge in [-0.1, -0.05) is 36.2 Å². The number of nitrogens with zero attached hydrogens (tertiary/aromatic N) is 2. The number of carboxylic acid groups (broad SMARTS) is 1. The number of hydrogen-bond acceptors (Lipinski definition) is 3. The van der Waals surface area contributed by atoms with E-state index >= 15 is 0 Å². The molecule has 1 aliphatic heterocycles. The minimum Gasteiger partial charge on any atom is -0.481 e. The van der Waals surface area contributed by atoms with Crippen molar-refractivity contribution in [2.45, 2.75) is 32.7 Å². The van der Waals surface area contributed by atoms with E-state index in [-0.39, 0.29) is 5.92 Å². The molecule has 2 aromatic rings. The van der Waals surface area contributed by atoms with Gasteiger partial charge < -0.3 is 5.11 Å². The Labute approximate surface area is 146 Å². The first kappa shape index (κ1) is 15.9. The zero-order valence-corrected chi connectivity index (χ0v) is 14.5. The van der Waals surface area contributed by atoms with Crippen LogP contribution in [0, 0.1) is 18.3 Å². The maximum Gasteiger partial charge on any atom is 0.311 e. The number of benzene rings is 1. The predicted molar refractivity (Wildman–Crippen MR) is 94.2 cm³/mol. The molecule has 1 saturated carbocycles. The zero-order chi connectivity index (χ0) is 16.9. The summed E-state index contributed by atoms with van der Waals surface area (Å²) in [5, 5.41) is 11.5. The molecule has 2 heterocycles. The molecule has 1 saturated heterocycles. The van der Waals surface area contributed by atoms with Crippen LogP contribution in [-0.4, -0.2) is 34.0 Å². The molecule has 1 N–H and O–H groups in total. The molecular formula is C19H21ClN2O2. The lowest BCUT2D eigenvalue weighted by molar-refractivity contribution is -0.149. The smallest absolute Gasteiger partial charge is 0.311 e. The number of aryl methyl sites for hydroxylation is 1. The molecular weight excluding hydrogens is 324 g/mol. The van der Waals surface area contributed by atoms with Gasteiger partial charge in [-0.2, -0.15) is 0 Å². The highest BCUT2D eigenvalue weighted by Crippen LogP contribution is 2.49. The summed E-state index contributed by atoms with van der Waals surface area (Å²) in [6.07, 6.45) is 2.83. The Morgan fingerprint density at radius 2 is 2.25 bits per heavy atom. The van der Waals surface area contributed by atoms with E-state index in [0.29, 0.717) is 18.1 Å². The Morgan fingerprint density at radius 1 is 1.46 bits per heavy atom. The van der Waals surface area contributed by atoms with E-state index in [9.17, 15) is 9.90 Å². The topological polar surface area (TPSA) is 53.4 Å². The molecule has 2 fully saturated rings. The Bertz CT molecular complexity index is 822. The zero-order valence-electron chi connectivity index (χ0n) is 13.8. The number of likely N-dealkylation sites (tertiary alicyclic amines) is 1. The van der Waals surface area contributed by atoms with E-state index in [2.05, 4.69) is 4.90 Å². The molecule has 1 aliphatic carbocycles. The van der Waals surface area contributed by atoms with E-state index in [0.717, 1.165) is 48.0 Å². The van der Waals surface area contributed by atoms with Gasteiger partial charge in [0.1, 0.15) is 0 Å². The summed E-state index contributed by atoms with van der Waals surface area (Å²) in [7, 11) is 0. The fourth-order valence-corrected chi connectivity index (χ4v) is 4.80. The molecule has 0 amide bonds. The summed E-state index contributed by atoms with van der Waals surface area (Å²) in [6.45, 7) is 4.08. The first-order valence-electron chi connectivity index (χ1n) is 8.51. The molecule has 2 atom stereocenters. The predicted octanol–water partition coefficient (Wildman–Crippen LogP) is 3.88. The Balaban J connectivity index is 1.64. The molecule has 1 aromatic heterocycles. The largest absolute Gasteiger partial charge is 0.481 e. The van der Waals surface area contributed by atoms with Gasteiger partial charge in [-0.15, -0.1) is 0 Å². The van der Waals surface area contributed by atoms with E-state index in [4.69, 9.17) is 16.6 Å². The third-order valence-electron chi connectivity index (χ3n) is 5.89. The maximum atomic E-state index is 11.8. The molecule has 0 unspecified atom stereocenters. The molecule has 24 heavy (non-hydrogen) atoms. The van der Waals surface area contributed by atoms with Crippen LogP contribution in [0.15, 0.2) is 24.3 Å². The second-order valence-electron chi connectivity index (χ2n) is 7.23. The molecule has 5 heteroatoms. The van der Waals surface area contributed by atoms with Gasteiger partial charge in [-0.05, 0) is 37.3 Å². The van der Waals surface area contributed by atoms with Crippen LogP contribution in [0.25, 0.3) is 10.9 Å². The first-order chi connectivity index (χ1) is 11.5. The number of aromatic nitrogens is 1. The quantitative estimate of drug-likeness (QED) is 0.918. The van der Waals surface area contributed by atoms with Crippen LogP contribution in [-0.2, 0) is 11.3 Å². The van der Waals surface area contributed by atoms with Gasteiger partial charge in [0, 0.05) is 25.0 Å². The van der Waals surface area contributed by atoms with Crippen molar-refractivity contribution in [1.82, 2.24) is 9.88 Å². The number of carbonyl (C=O) groups is 1. The standard InChI is InChI=1S/C19H21ClN2O2/c1-12-14-6-2-3-7-15(14)21-16(17(12)20)10-22-9-13-5-4-8-19(13,11-22)18(23)24/h2-3,6-7,13H,4-5,8-11H2,1H3,(H,23,24)/t13-,19+/m0/s1. The van der Waals surface area contributed by atoms with Gasteiger partial charge in [0.05, 0.1) is 21.6 Å². The molecule has 126 valence electrons. The lowest BCUT2D eigenvalue weighted by atomic mass is 9.81. The SMILES string of the molecule is Cc1c(Cl)c(CN2C[C@@H]3CCC[C@@]3(C(=O)O)C2)nc2ccccc12. The fraction of sp³-hybridized carbons (Fsp3) is 0.474. The van der Waals surface area contributed by atoms with Gasteiger partial charge in [0.2, 0.25) is 0 Å². The van der Waals surface area contributed by atoms with Crippen molar-refractivity contribution in [2.75, 3.05) is 13.1 Å². The van der Waals surface area contributed by atoms with Crippen molar-refractivity contribution in [3.05, 3.63) is 40.5 Å². The van der Waals surface area contributed by atoms with Crippen LogP contribution in [0.3, 0.4) is 0 Å². The minimum atomic E-state index is -0.638. The van der Waals surface area contributed by atoms with Crippen LogP contribution < -0.4 is 0 Å². The first-order valence-corrected chi connectivity index (χ1v) is 8.88.